The Morgan fingerprint density at radius 2 is 1.85 bits per heavy atom. The van der Waals surface area contributed by atoms with Crippen molar-refractivity contribution in [3.63, 3.8) is 0 Å². The van der Waals surface area contributed by atoms with Crippen LogP contribution in [0.4, 0.5) is 13.2 Å². The molecule has 0 radical (unpaired) electrons. The van der Waals surface area contributed by atoms with Crippen molar-refractivity contribution in [2.45, 2.75) is 76.9 Å². The molecular weight excluding hydrogens is 521 g/mol. The number of aliphatic hydroxyl groups excluding tert-OH is 1. The number of alkyl halides is 3. The van der Waals surface area contributed by atoms with E-state index in [1.165, 1.54) is 17.2 Å². The minimum atomic E-state index is -4.52. The van der Waals surface area contributed by atoms with Crippen LogP contribution in [0, 0.1) is 13.8 Å². The first-order valence-corrected chi connectivity index (χ1v) is 14.3. The number of aliphatic hydroxyl groups is 1. The summed E-state index contributed by atoms with van der Waals surface area (Å²) in [6.07, 6.45) is -0.135. The van der Waals surface area contributed by atoms with Crippen LogP contribution in [0.3, 0.4) is 0 Å². The summed E-state index contributed by atoms with van der Waals surface area (Å²) in [5.74, 6) is 0.653. The zero-order chi connectivity index (χ0) is 28.6. The van der Waals surface area contributed by atoms with Crippen LogP contribution >= 0.6 is 0 Å². The summed E-state index contributed by atoms with van der Waals surface area (Å²) in [6, 6.07) is 6.72. The molecule has 40 heavy (non-hydrogen) atoms. The van der Waals surface area contributed by atoms with Crippen molar-refractivity contribution < 1.29 is 27.8 Å². The largest absolute Gasteiger partial charge is 0.493 e. The number of hydrogen-bond donors (Lipinski definition) is 1. The number of carbonyl (C=O) groups excluding carboxylic acids is 1. The lowest BCUT2D eigenvalue weighted by molar-refractivity contribution is -0.141. The van der Waals surface area contributed by atoms with Gasteiger partial charge in [-0.15, -0.1) is 0 Å². The molecule has 10 heteroatoms. The maximum atomic E-state index is 13.1. The van der Waals surface area contributed by atoms with Crippen LogP contribution in [0.15, 0.2) is 30.5 Å². The first kappa shape index (κ1) is 28.8. The molecule has 0 spiro atoms. The molecule has 3 fully saturated rings. The van der Waals surface area contributed by atoms with E-state index in [1.807, 2.05) is 0 Å². The lowest BCUT2D eigenvalue weighted by atomic mass is 9.96. The molecule has 1 amide bonds. The number of pyridine rings is 1. The van der Waals surface area contributed by atoms with Gasteiger partial charge in [0.15, 0.2) is 0 Å². The molecule has 1 N–H and O–H groups in total. The van der Waals surface area contributed by atoms with Gasteiger partial charge in [0.25, 0.3) is 5.91 Å². The van der Waals surface area contributed by atoms with Crippen LogP contribution in [0.2, 0.25) is 0 Å². The second-order valence-corrected chi connectivity index (χ2v) is 11.5. The Morgan fingerprint density at radius 3 is 2.48 bits per heavy atom. The molecule has 4 heterocycles. The average molecular weight is 561 g/mol. The molecule has 0 unspecified atom stereocenters. The summed E-state index contributed by atoms with van der Waals surface area (Å²) < 4.78 is 44.7. The second-order valence-electron chi connectivity index (χ2n) is 11.5. The van der Waals surface area contributed by atoms with E-state index in [4.69, 9.17) is 4.74 Å². The molecule has 3 aliphatic rings. The molecule has 2 aromatic rings. The van der Waals surface area contributed by atoms with Gasteiger partial charge in [0.05, 0.1) is 18.3 Å². The summed E-state index contributed by atoms with van der Waals surface area (Å²) in [5, 5.41) is 9.67. The summed E-state index contributed by atoms with van der Waals surface area (Å²) >= 11 is 0. The molecule has 218 valence electrons. The summed E-state index contributed by atoms with van der Waals surface area (Å²) in [7, 11) is 0. The number of halogens is 3. The Labute approximate surface area is 233 Å². The number of amides is 1. The van der Waals surface area contributed by atoms with Crippen LogP contribution in [0.1, 0.15) is 71.4 Å². The van der Waals surface area contributed by atoms with Crippen LogP contribution in [-0.4, -0.2) is 88.2 Å². The SMILES string of the molecule is Cc1c(OCCCN2CCC(O)CC2)ccc([C@H](C)N2C[C@H]3C[C@@H]2CN3C(=O)c2ccc(C(F)(F)F)nc2)c1C. The summed E-state index contributed by atoms with van der Waals surface area (Å²) in [5.41, 5.74) is 2.79. The molecule has 0 saturated carbocycles. The fraction of sp³-hybridized carbons (Fsp3) is 0.600. The third-order valence-electron chi connectivity index (χ3n) is 9.00. The normalized spacial score (nSPS) is 23.1. The second kappa shape index (κ2) is 11.7. The van der Waals surface area contributed by atoms with Crippen LogP contribution < -0.4 is 4.74 Å². The number of fused-ring (bicyclic) bond motifs is 2. The fourth-order valence-corrected chi connectivity index (χ4v) is 6.49. The lowest BCUT2D eigenvalue weighted by Gasteiger charge is -2.38. The lowest BCUT2D eigenvalue weighted by Crippen LogP contribution is -2.49. The van der Waals surface area contributed by atoms with Crippen molar-refractivity contribution in [2.24, 2.45) is 0 Å². The Kier molecular flexibility index (Phi) is 8.40. The van der Waals surface area contributed by atoms with Crippen molar-refractivity contribution in [3.05, 3.63) is 58.4 Å². The molecule has 1 aromatic heterocycles. The number of carbonyl (C=O) groups is 1. The number of likely N-dealkylation sites (tertiary alicyclic amines) is 3. The van der Waals surface area contributed by atoms with E-state index in [2.05, 4.69) is 47.7 Å². The van der Waals surface area contributed by atoms with E-state index in [9.17, 15) is 23.1 Å². The minimum Gasteiger partial charge on any atom is -0.493 e. The molecule has 3 atom stereocenters. The number of hydrogen-bond acceptors (Lipinski definition) is 6. The van der Waals surface area contributed by atoms with Crippen molar-refractivity contribution >= 4 is 5.91 Å². The Hall–Kier alpha value is -2.69. The summed E-state index contributed by atoms with van der Waals surface area (Å²) in [6.45, 7) is 11.3. The highest BCUT2D eigenvalue weighted by molar-refractivity contribution is 5.94. The van der Waals surface area contributed by atoms with E-state index >= 15 is 0 Å². The van der Waals surface area contributed by atoms with E-state index in [-0.39, 0.29) is 35.7 Å². The number of piperidine rings is 1. The predicted octanol–water partition coefficient (Wildman–Crippen LogP) is 4.60. The highest BCUT2D eigenvalue weighted by Gasteiger charge is 2.47. The Bertz CT molecular complexity index is 1200. The van der Waals surface area contributed by atoms with E-state index in [0.717, 1.165) is 75.4 Å². The van der Waals surface area contributed by atoms with Gasteiger partial charge >= 0.3 is 6.18 Å². The first-order valence-electron chi connectivity index (χ1n) is 14.3. The molecule has 5 rings (SSSR count). The Balaban J connectivity index is 1.15. The van der Waals surface area contributed by atoms with Gasteiger partial charge < -0.3 is 19.6 Å². The number of aromatic nitrogens is 1. The Morgan fingerprint density at radius 1 is 1.10 bits per heavy atom. The van der Waals surface area contributed by atoms with Gasteiger partial charge in [0, 0.05) is 57.0 Å². The van der Waals surface area contributed by atoms with Crippen molar-refractivity contribution in [1.29, 1.82) is 0 Å². The highest BCUT2D eigenvalue weighted by atomic mass is 19.4. The first-order chi connectivity index (χ1) is 19.0. The molecule has 7 nitrogen and oxygen atoms in total. The third kappa shape index (κ3) is 5.99. The third-order valence-corrected chi connectivity index (χ3v) is 9.00. The van der Waals surface area contributed by atoms with Gasteiger partial charge in [0.2, 0.25) is 0 Å². The number of nitrogens with zero attached hydrogens (tertiary/aromatic N) is 4. The monoisotopic (exact) mass is 560 g/mol. The van der Waals surface area contributed by atoms with Gasteiger partial charge in [0.1, 0.15) is 11.4 Å². The predicted molar refractivity (Wildman–Crippen MR) is 145 cm³/mol. The van der Waals surface area contributed by atoms with Crippen LogP contribution in [0.25, 0.3) is 0 Å². The van der Waals surface area contributed by atoms with Gasteiger partial charge in [-0.25, -0.2) is 0 Å². The number of rotatable bonds is 8. The maximum Gasteiger partial charge on any atom is 0.433 e. The zero-order valence-corrected chi connectivity index (χ0v) is 23.5. The summed E-state index contributed by atoms with van der Waals surface area (Å²) in [4.78, 5) is 23.1. The molecule has 3 aliphatic heterocycles. The smallest absolute Gasteiger partial charge is 0.433 e. The van der Waals surface area contributed by atoms with Crippen LogP contribution in [-0.2, 0) is 6.18 Å². The van der Waals surface area contributed by atoms with Crippen molar-refractivity contribution in [1.82, 2.24) is 19.7 Å². The molecule has 2 bridgehead atoms. The van der Waals surface area contributed by atoms with Crippen molar-refractivity contribution in [3.8, 4) is 5.75 Å². The highest BCUT2D eigenvalue weighted by Crippen LogP contribution is 2.39. The minimum absolute atomic E-state index is 0.0365. The molecule has 1 aromatic carbocycles. The topological polar surface area (TPSA) is 69.1 Å². The van der Waals surface area contributed by atoms with E-state index < -0.39 is 11.9 Å². The quantitative estimate of drug-likeness (QED) is 0.476. The number of ether oxygens (including phenoxy) is 1. The number of piperazine rings is 1. The zero-order valence-electron chi connectivity index (χ0n) is 23.5. The van der Waals surface area contributed by atoms with Gasteiger partial charge in [-0.2, -0.15) is 13.2 Å². The van der Waals surface area contributed by atoms with Gasteiger partial charge in [-0.1, -0.05) is 6.07 Å². The van der Waals surface area contributed by atoms with Crippen LogP contribution in [0.5, 0.6) is 5.75 Å². The fourth-order valence-electron chi connectivity index (χ4n) is 6.49. The molecule has 3 saturated heterocycles. The molecule has 0 aliphatic carbocycles. The molecular formula is C30H39F3N4O3. The standard InChI is InChI=1S/C30H39F3N4O3/c1-19-20(2)27(40-14-4-11-35-12-9-25(38)10-13-35)7-6-26(19)21(3)36-17-24-15-23(36)18-37(24)29(39)22-5-8-28(34-16-22)30(31,32)33/h5-8,16,21,23-25,38H,4,9-15,17-18H2,1-3H3/t21-,23+,24+/m0/s1. The van der Waals surface area contributed by atoms with Crippen molar-refractivity contribution in [2.75, 3.05) is 39.3 Å². The van der Waals surface area contributed by atoms with Gasteiger partial charge in [-0.3, -0.25) is 14.7 Å². The average Bonchev–Trinajstić information content (AvgIpc) is 3.55. The maximum absolute atomic E-state index is 13.1. The van der Waals surface area contributed by atoms with E-state index in [0.29, 0.717) is 13.2 Å². The number of benzene rings is 1. The van der Waals surface area contributed by atoms with E-state index in [1.54, 1.807) is 4.90 Å². The van der Waals surface area contributed by atoms with Gasteiger partial charge in [-0.05, 0) is 81.3 Å².